The van der Waals surface area contributed by atoms with Gasteiger partial charge < -0.3 is 4.98 Å². The molecule has 0 fully saturated rings. The molecule has 1 atom stereocenters. The molecule has 1 aromatic carbocycles. The Hall–Kier alpha value is -1.14. The van der Waals surface area contributed by atoms with Gasteiger partial charge >= 0.3 is 5.69 Å². The fourth-order valence-corrected chi connectivity index (χ4v) is 1.97. The molecular weight excluding hydrogens is 268 g/mol. The van der Waals surface area contributed by atoms with Crippen LogP contribution in [0, 0.1) is 0 Å². The third-order valence-corrected chi connectivity index (χ3v) is 3.98. The van der Waals surface area contributed by atoms with Crippen molar-refractivity contribution >= 4 is 36.2 Å². The predicted molar refractivity (Wildman–Crippen MR) is 80.1 cm³/mol. The third kappa shape index (κ3) is 2.49. The molecule has 18 heavy (non-hydrogen) atoms. The lowest BCUT2D eigenvalue weighted by Gasteiger charge is -2.21. The van der Waals surface area contributed by atoms with Crippen LogP contribution < -0.4 is 11.2 Å². The molecule has 6 heteroatoms. The Bertz CT molecular complexity index is 688. The zero-order chi connectivity index (χ0) is 13.3. The van der Waals surface area contributed by atoms with Crippen molar-refractivity contribution in [1.82, 2.24) is 9.55 Å². The van der Waals surface area contributed by atoms with Crippen LogP contribution in [0.4, 0.5) is 0 Å². The van der Waals surface area contributed by atoms with Gasteiger partial charge in [-0.1, -0.05) is 12.1 Å². The van der Waals surface area contributed by atoms with Crippen molar-refractivity contribution in [2.24, 2.45) is 0 Å². The molecule has 0 saturated carbocycles. The number of hydrogen-bond donors (Lipinski definition) is 3. The van der Waals surface area contributed by atoms with Crippen LogP contribution in [0.1, 0.15) is 6.92 Å². The van der Waals surface area contributed by atoms with Crippen LogP contribution in [-0.2, 0) is 6.54 Å². The first-order valence-corrected chi connectivity index (χ1v) is 6.58. The highest BCUT2D eigenvalue weighted by Gasteiger charge is 2.20. The highest BCUT2D eigenvalue weighted by molar-refractivity contribution is 7.85. The zero-order valence-electron chi connectivity index (χ0n) is 9.88. The van der Waals surface area contributed by atoms with Crippen molar-refractivity contribution in [3.05, 3.63) is 45.1 Å². The maximum absolute atomic E-state index is 12.2. The lowest BCUT2D eigenvalue weighted by Crippen LogP contribution is -2.41. The first-order chi connectivity index (χ1) is 8.44. The summed E-state index contributed by atoms with van der Waals surface area (Å²) in [5.41, 5.74) is -0.160. The van der Waals surface area contributed by atoms with E-state index < -0.39 is 10.4 Å². The molecule has 2 rings (SSSR count). The summed E-state index contributed by atoms with van der Waals surface area (Å²) in [7, 11) is 0. The third-order valence-electron chi connectivity index (χ3n) is 2.73. The van der Waals surface area contributed by atoms with Crippen molar-refractivity contribution < 1.29 is 0 Å². The lowest BCUT2D eigenvalue weighted by molar-refractivity contribution is 0.544. The van der Waals surface area contributed by atoms with Crippen LogP contribution in [-0.4, -0.2) is 20.1 Å². The fourth-order valence-electron chi connectivity index (χ4n) is 1.73. The molecule has 1 aromatic heterocycles. The van der Waals surface area contributed by atoms with Crippen LogP contribution in [0.25, 0.3) is 10.9 Å². The van der Waals surface area contributed by atoms with Crippen molar-refractivity contribution in [1.29, 1.82) is 0 Å². The Morgan fingerprint density at radius 3 is 2.67 bits per heavy atom. The van der Waals surface area contributed by atoms with E-state index in [2.05, 4.69) is 30.2 Å². The Labute approximate surface area is 115 Å². The molecular formula is C12H14N2O2S2. The van der Waals surface area contributed by atoms with E-state index in [1.54, 1.807) is 24.3 Å². The van der Waals surface area contributed by atoms with Gasteiger partial charge in [0.25, 0.3) is 5.56 Å². The standard InChI is InChI=1S/C12H14N2O2S2/c1-12(18,7-17)6-14-10(15)8-4-2-3-5-9(8)13-11(14)16/h2-5,17-18H,6-7H2,1H3,(H,13,16). The van der Waals surface area contributed by atoms with Crippen molar-refractivity contribution in [2.45, 2.75) is 18.2 Å². The first kappa shape index (κ1) is 13.3. The average Bonchev–Trinajstić information content (AvgIpc) is 2.34. The monoisotopic (exact) mass is 282 g/mol. The van der Waals surface area contributed by atoms with Crippen LogP contribution in [0.15, 0.2) is 33.9 Å². The molecule has 0 saturated heterocycles. The average molecular weight is 282 g/mol. The van der Waals surface area contributed by atoms with Crippen LogP contribution in [0.5, 0.6) is 0 Å². The minimum atomic E-state index is -0.512. The molecule has 1 unspecified atom stereocenters. The SMILES string of the molecule is CC(S)(CS)Cn1c(=O)[nH]c2ccccc2c1=O. The molecule has 0 aliphatic rings. The summed E-state index contributed by atoms with van der Waals surface area (Å²) in [5.74, 6) is 0.467. The number of rotatable bonds is 3. The normalized spacial score (nSPS) is 14.6. The summed E-state index contributed by atoms with van der Waals surface area (Å²) in [6.45, 7) is 2.06. The molecule has 1 heterocycles. The first-order valence-electron chi connectivity index (χ1n) is 5.50. The Balaban J connectivity index is 2.66. The zero-order valence-corrected chi connectivity index (χ0v) is 11.7. The predicted octanol–water partition coefficient (Wildman–Crippen LogP) is 1.31. The van der Waals surface area contributed by atoms with E-state index >= 15 is 0 Å². The van der Waals surface area contributed by atoms with Gasteiger partial charge in [0.05, 0.1) is 10.9 Å². The van der Waals surface area contributed by atoms with Crippen LogP contribution >= 0.6 is 25.3 Å². The van der Waals surface area contributed by atoms with E-state index in [-0.39, 0.29) is 12.1 Å². The Kier molecular flexibility index (Phi) is 3.59. The largest absolute Gasteiger partial charge is 0.328 e. The van der Waals surface area contributed by atoms with E-state index in [1.807, 2.05) is 6.92 Å². The number of fused-ring (bicyclic) bond motifs is 1. The van der Waals surface area contributed by atoms with Crippen molar-refractivity contribution in [3.8, 4) is 0 Å². The molecule has 0 aliphatic heterocycles. The highest BCUT2D eigenvalue weighted by Crippen LogP contribution is 2.16. The quantitative estimate of drug-likeness (QED) is 0.744. The van der Waals surface area contributed by atoms with Crippen LogP contribution in [0.2, 0.25) is 0 Å². The minimum absolute atomic E-state index is 0.221. The molecule has 4 nitrogen and oxygen atoms in total. The summed E-state index contributed by atoms with van der Waals surface area (Å²) >= 11 is 8.57. The fraction of sp³-hybridized carbons (Fsp3) is 0.333. The maximum Gasteiger partial charge on any atom is 0.328 e. The van der Waals surface area contributed by atoms with E-state index in [4.69, 9.17) is 0 Å². The minimum Gasteiger partial charge on any atom is -0.307 e. The van der Waals surface area contributed by atoms with Gasteiger partial charge in [0, 0.05) is 17.0 Å². The number of aromatic amines is 1. The summed E-state index contributed by atoms with van der Waals surface area (Å²) in [4.78, 5) is 26.8. The van der Waals surface area contributed by atoms with Gasteiger partial charge in [-0.15, -0.1) is 0 Å². The molecule has 96 valence electrons. The van der Waals surface area contributed by atoms with Crippen molar-refractivity contribution in [2.75, 3.05) is 5.75 Å². The lowest BCUT2D eigenvalue weighted by atomic mass is 10.2. The molecule has 0 bridgehead atoms. The van der Waals surface area contributed by atoms with Gasteiger partial charge in [-0.05, 0) is 19.1 Å². The summed E-state index contributed by atoms with van der Waals surface area (Å²) in [6, 6.07) is 6.95. The second kappa shape index (κ2) is 4.85. The van der Waals surface area contributed by atoms with E-state index in [9.17, 15) is 9.59 Å². The topological polar surface area (TPSA) is 54.9 Å². The number of para-hydroxylation sites is 1. The molecule has 0 aliphatic carbocycles. The Morgan fingerprint density at radius 2 is 2.00 bits per heavy atom. The summed E-state index contributed by atoms with van der Waals surface area (Å²) in [5, 5.41) is 0.500. The maximum atomic E-state index is 12.2. The number of thiol groups is 2. The van der Waals surface area contributed by atoms with Gasteiger partial charge in [-0.25, -0.2) is 4.79 Å². The summed E-state index contributed by atoms with van der Waals surface area (Å²) < 4.78 is 0.661. The highest BCUT2D eigenvalue weighted by atomic mass is 32.1. The number of aromatic nitrogens is 2. The number of nitrogens with zero attached hydrogens (tertiary/aromatic N) is 1. The number of benzene rings is 1. The van der Waals surface area contributed by atoms with Gasteiger partial charge in [0.1, 0.15) is 0 Å². The van der Waals surface area contributed by atoms with Gasteiger partial charge in [-0.2, -0.15) is 25.3 Å². The molecule has 0 radical (unpaired) electrons. The van der Waals surface area contributed by atoms with E-state index in [1.165, 1.54) is 4.57 Å². The Morgan fingerprint density at radius 1 is 1.33 bits per heavy atom. The van der Waals surface area contributed by atoms with Gasteiger partial charge in [0.15, 0.2) is 0 Å². The smallest absolute Gasteiger partial charge is 0.307 e. The molecule has 1 N–H and O–H groups in total. The number of H-pyrrole nitrogens is 1. The summed E-state index contributed by atoms with van der Waals surface area (Å²) in [6.07, 6.45) is 0. The number of hydrogen-bond acceptors (Lipinski definition) is 4. The van der Waals surface area contributed by atoms with Crippen molar-refractivity contribution in [3.63, 3.8) is 0 Å². The molecule has 0 spiro atoms. The second-order valence-electron chi connectivity index (χ2n) is 4.52. The second-order valence-corrected chi connectivity index (χ2v) is 5.92. The van der Waals surface area contributed by atoms with Gasteiger partial charge in [-0.3, -0.25) is 9.36 Å². The van der Waals surface area contributed by atoms with E-state index in [0.717, 1.165) is 0 Å². The molecule has 2 aromatic rings. The number of nitrogens with one attached hydrogen (secondary N) is 1. The van der Waals surface area contributed by atoms with E-state index in [0.29, 0.717) is 16.7 Å². The molecule has 0 amide bonds. The van der Waals surface area contributed by atoms with Crippen LogP contribution in [0.3, 0.4) is 0 Å². The van der Waals surface area contributed by atoms with Gasteiger partial charge in [0.2, 0.25) is 0 Å².